The van der Waals surface area contributed by atoms with E-state index >= 15 is 0 Å². The van der Waals surface area contributed by atoms with Crippen LogP contribution in [0.25, 0.3) is 5.57 Å². The predicted octanol–water partition coefficient (Wildman–Crippen LogP) is 3.91. The summed E-state index contributed by atoms with van der Waals surface area (Å²) in [6, 6.07) is 2.37. The molecule has 0 amide bonds. The third kappa shape index (κ3) is 2.72. The Kier molecular flexibility index (Phi) is 3.97. The van der Waals surface area contributed by atoms with Crippen LogP contribution in [0.1, 0.15) is 47.4 Å². The fourth-order valence-corrected chi connectivity index (χ4v) is 5.93. The van der Waals surface area contributed by atoms with Crippen LogP contribution in [0.4, 0.5) is 0 Å². The molecule has 0 radical (unpaired) electrons. The van der Waals surface area contributed by atoms with E-state index in [1.165, 1.54) is 33.7 Å². The summed E-state index contributed by atoms with van der Waals surface area (Å²) in [5.74, 6) is 1.90. The molecule has 6 heteroatoms. The van der Waals surface area contributed by atoms with Crippen molar-refractivity contribution in [1.29, 1.82) is 0 Å². The number of fused-ring (bicyclic) bond motifs is 2. The second-order valence-electron chi connectivity index (χ2n) is 6.26. The van der Waals surface area contributed by atoms with Crippen molar-refractivity contribution in [1.82, 2.24) is 0 Å². The number of thiophene rings is 1. The van der Waals surface area contributed by atoms with Crippen LogP contribution in [-0.2, 0) is 16.7 Å². The first kappa shape index (κ1) is 15.3. The maximum atomic E-state index is 6.05. The molecule has 3 aliphatic rings. The van der Waals surface area contributed by atoms with E-state index in [2.05, 4.69) is 11.1 Å². The van der Waals surface area contributed by atoms with Gasteiger partial charge in [-0.15, -0.1) is 11.3 Å². The highest BCUT2D eigenvalue weighted by Gasteiger charge is 2.39. The molecule has 2 N–H and O–H groups in total. The fourth-order valence-electron chi connectivity index (χ4n) is 3.70. The highest BCUT2D eigenvalue weighted by Crippen LogP contribution is 2.48. The molecule has 0 saturated heterocycles. The van der Waals surface area contributed by atoms with Crippen LogP contribution in [0.15, 0.2) is 22.3 Å². The normalized spacial score (nSPS) is 27.1. The predicted molar refractivity (Wildman–Crippen MR) is 99.3 cm³/mol. The van der Waals surface area contributed by atoms with Crippen LogP contribution >= 0.6 is 23.1 Å². The Balaban J connectivity index is 1.72. The number of aryl methyl sites for hydroxylation is 1. The second kappa shape index (κ2) is 5.98. The Bertz CT molecular complexity index is 719. The number of allylic oxidation sites excluding steroid dienone is 1. The summed E-state index contributed by atoms with van der Waals surface area (Å²) in [5, 5.41) is 0.753. The number of rotatable bonds is 1. The van der Waals surface area contributed by atoms with Gasteiger partial charge in [-0.1, -0.05) is 11.8 Å². The number of ether oxygens (including phenoxy) is 1. The highest BCUT2D eigenvalue weighted by atomic mass is 32.2. The van der Waals surface area contributed by atoms with Crippen LogP contribution in [-0.4, -0.2) is 23.9 Å². The summed E-state index contributed by atoms with van der Waals surface area (Å²) in [7, 11) is 1.69. The topological polar surface area (TPSA) is 60.0 Å². The standard InChI is InChI=1S/C17H21N3OS2/c1-21-15-5-4-11(10-19-15)14-9-12-13(23-14)3-2-6-17(12)7-8-22-16(18)20-17/h9-10H,2-8H2,1H3,(H2,18,20). The average molecular weight is 348 g/mol. The number of nitrogens with zero attached hydrogens (tertiary/aromatic N) is 2. The Morgan fingerprint density at radius 1 is 1.26 bits per heavy atom. The minimum atomic E-state index is -0.0617. The van der Waals surface area contributed by atoms with Crippen molar-refractivity contribution in [2.45, 2.75) is 44.1 Å². The van der Waals surface area contributed by atoms with Gasteiger partial charge in [-0.3, -0.25) is 4.99 Å². The van der Waals surface area contributed by atoms with Gasteiger partial charge in [0, 0.05) is 28.1 Å². The molecule has 3 heterocycles. The molecule has 1 aromatic heterocycles. The van der Waals surface area contributed by atoms with Crippen molar-refractivity contribution in [2.24, 2.45) is 15.7 Å². The summed E-state index contributed by atoms with van der Waals surface area (Å²) in [6.07, 6.45) is 8.47. The first-order valence-corrected chi connectivity index (χ1v) is 9.92. The van der Waals surface area contributed by atoms with Crippen LogP contribution in [0.5, 0.6) is 0 Å². The zero-order valence-corrected chi connectivity index (χ0v) is 14.9. The summed E-state index contributed by atoms with van der Waals surface area (Å²) in [5.41, 5.74) is 8.74. The third-order valence-corrected chi connectivity index (χ3v) is 6.98. The maximum absolute atomic E-state index is 6.05. The lowest BCUT2D eigenvalue weighted by Crippen LogP contribution is -2.34. The Labute approximate surface area is 144 Å². The van der Waals surface area contributed by atoms with E-state index in [9.17, 15) is 0 Å². The number of aliphatic imine (C=N–C) groups is 2. The van der Waals surface area contributed by atoms with Crippen molar-refractivity contribution in [3.05, 3.63) is 27.6 Å². The molecule has 1 unspecified atom stereocenters. The van der Waals surface area contributed by atoms with Gasteiger partial charge in [-0.05, 0) is 49.3 Å². The Morgan fingerprint density at radius 3 is 2.91 bits per heavy atom. The lowest BCUT2D eigenvalue weighted by molar-refractivity contribution is 0.368. The molecule has 1 aliphatic carbocycles. The summed E-state index contributed by atoms with van der Waals surface area (Å²) < 4.78 is 5.23. The van der Waals surface area contributed by atoms with E-state index in [0.29, 0.717) is 0 Å². The van der Waals surface area contributed by atoms with E-state index < -0.39 is 0 Å². The van der Waals surface area contributed by atoms with Crippen LogP contribution in [0.2, 0.25) is 0 Å². The molecule has 0 aromatic carbocycles. The van der Waals surface area contributed by atoms with Crippen LogP contribution in [0.3, 0.4) is 0 Å². The van der Waals surface area contributed by atoms with Gasteiger partial charge in [-0.2, -0.15) is 0 Å². The minimum Gasteiger partial charge on any atom is -0.484 e. The quantitative estimate of drug-likeness (QED) is 0.838. The highest BCUT2D eigenvalue weighted by molar-refractivity contribution is 8.13. The summed E-state index contributed by atoms with van der Waals surface area (Å²) in [6.45, 7) is 0. The summed E-state index contributed by atoms with van der Waals surface area (Å²) >= 11 is 3.61. The second-order valence-corrected chi connectivity index (χ2v) is 8.51. The van der Waals surface area contributed by atoms with Crippen molar-refractivity contribution < 1.29 is 4.74 Å². The van der Waals surface area contributed by atoms with E-state index in [0.717, 1.165) is 42.5 Å². The Hall–Kier alpha value is -1.27. The number of amidine groups is 1. The lowest BCUT2D eigenvalue weighted by Gasteiger charge is -2.36. The van der Waals surface area contributed by atoms with Gasteiger partial charge in [0.15, 0.2) is 11.1 Å². The molecule has 4 nitrogen and oxygen atoms in total. The SMILES string of the molecule is COC1=NC=C(c2cc3c(s2)CCCC32CCSC(N)=N2)CC1. The van der Waals surface area contributed by atoms with Crippen molar-refractivity contribution in [3.63, 3.8) is 0 Å². The number of hydrogen-bond acceptors (Lipinski definition) is 6. The molecule has 0 saturated carbocycles. The van der Waals surface area contributed by atoms with Gasteiger partial charge in [-0.25, -0.2) is 4.99 Å². The third-order valence-electron chi connectivity index (χ3n) is 4.92. The average Bonchev–Trinajstić information content (AvgIpc) is 3.01. The largest absolute Gasteiger partial charge is 0.484 e. The van der Waals surface area contributed by atoms with Crippen molar-refractivity contribution >= 4 is 39.7 Å². The molecule has 122 valence electrons. The molecular weight excluding hydrogens is 326 g/mol. The maximum Gasteiger partial charge on any atom is 0.187 e. The van der Waals surface area contributed by atoms with Crippen molar-refractivity contribution in [3.8, 4) is 0 Å². The number of hydrogen-bond donors (Lipinski definition) is 1. The van der Waals surface area contributed by atoms with E-state index in [-0.39, 0.29) is 5.54 Å². The number of nitrogens with two attached hydrogens (primary N) is 1. The van der Waals surface area contributed by atoms with Gasteiger partial charge in [0.2, 0.25) is 0 Å². The molecule has 0 bridgehead atoms. The van der Waals surface area contributed by atoms with Gasteiger partial charge in [0.05, 0.1) is 12.6 Å². The zero-order chi connectivity index (χ0) is 15.9. The first-order chi connectivity index (χ1) is 11.2. The van der Waals surface area contributed by atoms with E-state index in [4.69, 9.17) is 15.5 Å². The smallest absolute Gasteiger partial charge is 0.187 e. The molecular formula is C17H21N3OS2. The number of methoxy groups -OCH3 is 1. The molecule has 23 heavy (non-hydrogen) atoms. The minimum absolute atomic E-state index is 0.0617. The van der Waals surface area contributed by atoms with Gasteiger partial charge in [0.1, 0.15) is 0 Å². The number of thioether (sulfide) groups is 1. The van der Waals surface area contributed by atoms with Crippen molar-refractivity contribution in [2.75, 3.05) is 12.9 Å². The van der Waals surface area contributed by atoms with Crippen LogP contribution < -0.4 is 5.73 Å². The van der Waals surface area contributed by atoms with Gasteiger partial charge >= 0.3 is 0 Å². The lowest BCUT2D eigenvalue weighted by atomic mass is 9.78. The molecule has 2 aliphatic heterocycles. The molecule has 1 spiro atoms. The van der Waals surface area contributed by atoms with E-state index in [1.54, 1.807) is 18.9 Å². The zero-order valence-electron chi connectivity index (χ0n) is 13.3. The molecule has 0 fully saturated rings. The molecule has 4 rings (SSSR count). The van der Waals surface area contributed by atoms with Crippen LogP contribution in [0, 0.1) is 0 Å². The van der Waals surface area contributed by atoms with Gasteiger partial charge in [0.25, 0.3) is 0 Å². The molecule has 1 aromatic rings. The van der Waals surface area contributed by atoms with E-state index in [1.807, 2.05) is 17.5 Å². The monoisotopic (exact) mass is 347 g/mol. The Morgan fingerprint density at radius 2 is 2.17 bits per heavy atom. The first-order valence-electron chi connectivity index (χ1n) is 8.11. The fraction of sp³-hybridized carbons (Fsp3) is 0.529. The molecule has 1 atom stereocenters. The summed E-state index contributed by atoms with van der Waals surface area (Å²) in [4.78, 5) is 12.2. The van der Waals surface area contributed by atoms with Gasteiger partial charge < -0.3 is 10.5 Å².